The highest BCUT2D eigenvalue weighted by atomic mass is 35.5. The fraction of sp³-hybridized carbons (Fsp3) is 0.211. The van der Waals surface area contributed by atoms with Crippen LogP contribution >= 0.6 is 23.2 Å². The average Bonchev–Trinajstić information content (AvgIpc) is 2.80. The number of esters is 1. The number of nitrogens with zero attached hydrogens (tertiary/aromatic N) is 1. The van der Waals surface area contributed by atoms with Crippen molar-refractivity contribution in [2.45, 2.75) is 19.1 Å². The van der Waals surface area contributed by atoms with Gasteiger partial charge in [-0.1, -0.05) is 41.4 Å². The Morgan fingerprint density at radius 2 is 1.93 bits per heavy atom. The molecule has 1 heterocycles. The number of fused-ring (bicyclic) bond motifs is 1. The zero-order chi connectivity index (χ0) is 19.4. The van der Waals surface area contributed by atoms with Gasteiger partial charge in [0.1, 0.15) is 0 Å². The lowest BCUT2D eigenvalue weighted by Gasteiger charge is -2.13. The molecule has 0 bridgehead atoms. The van der Waals surface area contributed by atoms with Crippen molar-refractivity contribution in [3.63, 3.8) is 0 Å². The first-order valence-electron chi connectivity index (χ1n) is 8.22. The minimum absolute atomic E-state index is 0.221. The van der Waals surface area contributed by atoms with E-state index in [4.69, 9.17) is 33.0 Å². The van der Waals surface area contributed by atoms with Gasteiger partial charge in [0.15, 0.2) is 0 Å². The second-order valence-electron chi connectivity index (χ2n) is 5.87. The van der Waals surface area contributed by atoms with Crippen LogP contribution in [0.5, 0.6) is 0 Å². The standard InChI is InChI=1S/C19H16Cl2N2O4/c20-11-5-6-15-13(9-11)19(12-3-1-2-4-14(12)21)23-16(10-22-15)27-18(26)8-7-17(24)25/h1-6,9,16,22H,7-8,10H2,(H,24,25). The van der Waals surface area contributed by atoms with Gasteiger partial charge in [-0.3, -0.25) is 9.59 Å². The van der Waals surface area contributed by atoms with E-state index in [-0.39, 0.29) is 19.4 Å². The van der Waals surface area contributed by atoms with E-state index in [0.29, 0.717) is 21.3 Å². The highest BCUT2D eigenvalue weighted by Crippen LogP contribution is 2.29. The third-order valence-corrected chi connectivity index (χ3v) is 4.48. The number of halogens is 2. The number of carbonyl (C=O) groups excluding carboxylic acids is 1. The number of ether oxygens (including phenoxy) is 1. The number of hydrogen-bond acceptors (Lipinski definition) is 5. The SMILES string of the molecule is O=C(O)CCC(=O)OC1CNc2ccc(Cl)cc2C(c2ccccc2Cl)=N1. The van der Waals surface area contributed by atoms with Gasteiger partial charge >= 0.3 is 11.9 Å². The smallest absolute Gasteiger partial charge is 0.308 e. The van der Waals surface area contributed by atoms with Crippen molar-refractivity contribution in [2.75, 3.05) is 11.9 Å². The van der Waals surface area contributed by atoms with Gasteiger partial charge in [-0.15, -0.1) is 0 Å². The second-order valence-corrected chi connectivity index (χ2v) is 6.71. The van der Waals surface area contributed by atoms with Crippen LogP contribution in [-0.2, 0) is 14.3 Å². The summed E-state index contributed by atoms with van der Waals surface area (Å²) in [7, 11) is 0. The maximum atomic E-state index is 11.9. The van der Waals surface area contributed by atoms with Crippen LogP contribution in [0, 0.1) is 0 Å². The summed E-state index contributed by atoms with van der Waals surface area (Å²) in [4.78, 5) is 27.1. The summed E-state index contributed by atoms with van der Waals surface area (Å²) >= 11 is 12.5. The van der Waals surface area contributed by atoms with Gasteiger partial charge in [-0.2, -0.15) is 0 Å². The Labute approximate surface area is 165 Å². The van der Waals surface area contributed by atoms with Crippen molar-refractivity contribution in [3.8, 4) is 0 Å². The van der Waals surface area contributed by atoms with Crippen molar-refractivity contribution >= 4 is 46.5 Å². The monoisotopic (exact) mass is 406 g/mol. The van der Waals surface area contributed by atoms with Crippen LogP contribution in [0.25, 0.3) is 0 Å². The minimum atomic E-state index is -1.06. The molecule has 0 aromatic heterocycles. The zero-order valence-corrected chi connectivity index (χ0v) is 15.6. The summed E-state index contributed by atoms with van der Waals surface area (Å²) in [5, 5.41) is 12.9. The Hall–Kier alpha value is -2.57. The first-order valence-corrected chi connectivity index (χ1v) is 8.97. The highest BCUT2D eigenvalue weighted by Gasteiger charge is 2.23. The molecule has 0 fully saturated rings. The van der Waals surface area contributed by atoms with Gasteiger partial charge in [-0.05, 0) is 24.3 Å². The number of carboxylic acid groups (broad SMARTS) is 1. The number of benzodiazepines with no additional fused rings is 1. The molecule has 2 aromatic carbocycles. The number of aliphatic carboxylic acids is 1. The van der Waals surface area contributed by atoms with E-state index in [9.17, 15) is 9.59 Å². The Morgan fingerprint density at radius 3 is 2.67 bits per heavy atom. The van der Waals surface area contributed by atoms with Gasteiger partial charge in [0.25, 0.3) is 0 Å². The molecule has 1 aliphatic heterocycles. The molecule has 2 N–H and O–H groups in total. The maximum Gasteiger partial charge on any atom is 0.308 e. The molecule has 2 aromatic rings. The molecule has 1 unspecified atom stereocenters. The van der Waals surface area contributed by atoms with Crippen LogP contribution < -0.4 is 5.32 Å². The molecule has 1 aliphatic rings. The summed E-state index contributed by atoms with van der Waals surface area (Å²) in [5.74, 6) is -1.69. The topological polar surface area (TPSA) is 88.0 Å². The number of nitrogens with one attached hydrogen (secondary N) is 1. The first kappa shape index (κ1) is 19.2. The van der Waals surface area contributed by atoms with Crippen molar-refractivity contribution in [1.29, 1.82) is 0 Å². The lowest BCUT2D eigenvalue weighted by atomic mass is 10.0. The van der Waals surface area contributed by atoms with Gasteiger partial charge in [0.2, 0.25) is 6.23 Å². The van der Waals surface area contributed by atoms with Gasteiger partial charge < -0.3 is 15.2 Å². The summed E-state index contributed by atoms with van der Waals surface area (Å²) in [5.41, 5.74) is 2.74. The molecule has 8 heteroatoms. The quantitative estimate of drug-likeness (QED) is 0.732. The Balaban J connectivity index is 1.96. The number of carboxylic acids is 1. The predicted octanol–water partition coefficient (Wildman–Crippen LogP) is 3.99. The third-order valence-electron chi connectivity index (χ3n) is 3.92. The Kier molecular flexibility index (Phi) is 5.98. The van der Waals surface area contributed by atoms with Crippen molar-refractivity contribution < 1.29 is 19.4 Å². The van der Waals surface area contributed by atoms with Crippen molar-refractivity contribution in [2.24, 2.45) is 4.99 Å². The van der Waals surface area contributed by atoms with E-state index in [1.807, 2.05) is 24.3 Å². The van der Waals surface area contributed by atoms with Crippen LogP contribution in [0.2, 0.25) is 10.0 Å². The van der Waals surface area contributed by atoms with E-state index >= 15 is 0 Å². The number of hydrogen-bond donors (Lipinski definition) is 2. The number of aliphatic imine (C=N–C) groups is 1. The van der Waals surface area contributed by atoms with E-state index in [0.717, 1.165) is 11.3 Å². The molecule has 0 aliphatic carbocycles. The predicted molar refractivity (Wildman–Crippen MR) is 104 cm³/mol. The first-order chi connectivity index (χ1) is 12.9. The summed E-state index contributed by atoms with van der Waals surface area (Å²) in [6.07, 6.45) is -1.35. The van der Waals surface area contributed by atoms with Crippen LogP contribution in [-0.4, -0.2) is 35.5 Å². The molecule has 0 amide bonds. The molecule has 27 heavy (non-hydrogen) atoms. The van der Waals surface area contributed by atoms with Gasteiger partial charge in [0, 0.05) is 26.9 Å². The minimum Gasteiger partial charge on any atom is -0.481 e. The molecule has 0 saturated carbocycles. The van der Waals surface area contributed by atoms with E-state index in [1.165, 1.54) is 0 Å². The lowest BCUT2D eigenvalue weighted by molar-refractivity contribution is -0.151. The summed E-state index contributed by atoms with van der Waals surface area (Å²) in [6, 6.07) is 12.5. The fourth-order valence-corrected chi connectivity index (χ4v) is 3.08. The normalized spacial score (nSPS) is 15.8. The second kappa shape index (κ2) is 8.41. The van der Waals surface area contributed by atoms with Gasteiger partial charge in [-0.25, -0.2) is 4.99 Å². The van der Waals surface area contributed by atoms with E-state index in [2.05, 4.69) is 10.3 Å². The molecule has 0 saturated heterocycles. The number of anilines is 1. The maximum absolute atomic E-state index is 11.9. The van der Waals surface area contributed by atoms with Crippen LogP contribution in [0.3, 0.4) is 0 Å². The van der Waals surface area contributed by atoms with Crippen molar-refractivity contribution in [1.82, 2.24) is 0 Å². The number of benzene rings is 2. The molecular formula is C19H16Cl2N2O4. The fourth-order valence-electron chi connectivity index (χ4n) is 2.68. The summed E-state index contributed by atoms with van der Waals surface area (Å²) < 4.78 is 5.35. The highest BCUT2D eigenvalue weighted by molar-refractivity contribution is 6.36. The Bertz CT molecular complexity index is 914. The molecule has 3 rings (SSSR count). The lowest BCUT2D eigenvalue weighted by Crippen LogP contribution is -2.24. The number of carbonyl (C=O) groups is 2. The molecular weight excluding hydrogens is 391 g/mol. The van der Waals surface area contributed by atoms with Crippen LogP contribution in [0.15, 0.2) is 47.5 Å². The van der Waals surface area contributed by atoms with E-state index < -0.39 is 18.2 Å². The Morgan fingerprint density at radius 1 is 1.15 bits per heavy atom. The summed E-state index contributed by atoms with van der Waals surface area (Å²) in [6.45, 7) is 0.237. The van der Waals surface area contributed by atoms with Crippen LogP contribution in [0.4, 0.5) is 5.69 Å². The van der Waals surface area contributed by atoms with E-state index in [1.54, 1.807) is 18.2 Å². The molecule has 0 radical (unpaired) electrons. The molecule has 140 valence electrons. The molecule has 1 atom stereocenters. The third kappa shape index (κ3) is 4.78. The number of rotatable bonds is 5. The van der Waals surface area contributed by atoms with Crippen LogP contribution in [0.1, 0.15) is 24.0 Å². The molecule has 6 nitrogen and oxygen atoms in total. The largest absolute Gasteiger partial charge is 0.481 e. The van der Waals surface area contributed by atoms with Crippen molar-refractivity contribution in [3.05, 3.63) is 63.6 Å². The zero-order valence-electron chi connectivity index (χ0n) is 14.1. The molecule has 0 spiro atoms. The van der Waals surface area contributed by atoms with Gasteiger partial charge in [0.05, 0.1) is 25.1 Å². The average molecular weight is 407 g/mol.